The molecule has 0 aromatic heterocycles. The minimum absolute atomic E-state index is 0.0280. The monoisotopic (exact) mass is 248 g/mol. The predicted molar refractivity (Wildman–Crippen MR) is 70.2 cm³/mol. The first kappa shape index (κ1) is 14.4. The van der Waals surface area contributed by atoms with Crippen molar-refractivity contribution in [3.63, 3.8) is 0 Å². The van der Waals surface area contributed by atoms with Crippen LogP contribution in [0.1, 0.15) is 32.3 Å². The van der Waals surface area contributed by atoms with E-state index in [1.165, 1.54) is 0 Å². The van der Waals surface area contributed by atoms with Crippen molar-refractivity contribution in [3.8, 4) is 0 Å². The summed E-state index contributed by atoms with van der Waals surface area (Å²) in [6.07, 6.45) is 1.57. The fraction of sp³-hybridized carbons (Fsp3) is 0.467. The van der Waals surface area contributed by atoms with Crippen molar-refractivity contribution in [1.82, 2.24) is 0 Å². The molecular formula is C15H20O3. The molecule has 0 saturated carbocycles. The van der Waals surface area contributed by atoms with Gasteiger partial charge in [-0.15, -0.1) is 0 Å². The van der Waals surface area contributed by atoms with Crippen molar-refractivity contribution in [2.45, 2.75) is 33.1 Å². The zero-order valence-electron chi connectivity index (χ0n) is 11.0. The Balaban J connectivity index is 2.50. The van der Waals surface area contributed by atoms with Crippen LogP contribution < -0.4 is 0 Å². The van der Waals surface area contributed by atoms with Gasteiger partial charge in [0.15, 0.2) is 0 Å². The summed E-state index contributed by atoms with van der Waals surface area (Å²) in [5.74, 6) is -1.02. The summed E-state index contributed by atoms with van der Waals surface area (Å²) in [7, 11) is 0. The van der Waals surface area contributed by atoms with E-state index < -0.39 is 11.9 Å². The summed E-state index contributed by atoms with van der Waals surface area (Å²) in [4.78, 5) is 23.5. The van der Waals surface area contributed by atoms with E-state index in [2.05, 4.69) is 0 Å². The maximum Gasteiger partial charge on any atom is 0.316 e. The second kappa shape index (κ2) is 7.64. The molecule has 1 atom stereocenters. The fourth-order valence-electron chi connectivity index (χ4n) is 1.86. The van der Waals surface area contributed by atoms with Crippen molar-refractivity contribution in [3.05, 3.63) is 35.9 Å². The van der Waals surface area contributed by atoms with Gasteiger partial charge in [0, 0.05) is 6.42 Å². The Morgan fingerprint density at radius 2 is 1.83 bits per heavy atom. The molecule has 3 heteroatoms. The van der Waals surface area contributed by atoms with Gasteiger partial charge >= 0.3 is 5.97 Å². The Morgan fingerprint density at radius 3 is 2.39 bits per heavy atom. The summed E-state index contributed by atoms with van der Waals surface area (Å²) in [6.45, 7) is 3.91. The van der Waals surface area contributed by atoms with Gasteiger partial charge in [0.25, 0.3) is 0 Å². The van der Waals surface area contributed by atoms with E-state index in [0.29, 0.717) is 25.9 Å². The molecule has 0 bridgehead atoms. The van der Waals surface area contributed by atoms with E-state index in [-0.39, 0.29) is 5.78 Å². The number of hydrogen-bond donors (Lipinski definition) is 0. The molecule has 0 N–H and O–H groups in total. The number of aryl methyl sites for hydroxylation is 1. The van der Waals surface area contributed by atoms with E-state index in [4.69, 9.17) is 4.74 Å². The van der Waals surface area contributed by atoms with Crippen molar-refractivity contribution in [1.29, 1.82) is 0 Å². The van der Waals surface area contributed by atoms with E-state index in [9.17, 15) is 9.59 Å². The highest BCUT2D eigenvalue weighted by Gasteiger charge is 2.25. The summed E-state index contributed by atoms with van der Waals surface area (Å²) in [5.41, 5.74) is 1.12. The van der Waals surface area contributed by atoms with Crippen molar-refractivity contribution in [2.24, 2.45) is 5.92 Å². The second-order valence-corrected chi connectivity index (χ2v) is 4.16. The molecule has 0 fully saturated rings. The number of benzene rings is 1. The molecule has 1 aromatic rings. The molecule has 0 radical (unpaired) electrons. The second-order valence-electron chi connectivity index (χ2n) is 4.16. The van der Waals surface area contributed by atoms with Crippen LogP contribution in [-0.2, 0) is 20.7 Å². The summed E-state index contributed by atoms with van der Waals surface area (Å²) in [6, 6.07) is 9.81. The van der Waals surface area contributed by atoms with E-state index in [1.54, 1.807) is 6.92 Å². The average Bonchev–Trinajstić information content (AvgIpc) is 2.39. The van der Waals surface area contributed by atoms with Crippen LogP contribution in [0.5, 0.6) is 0 Å². The maximum absolute atomic E-state index is 12.0. The van der Waals surface area contributed by atoms with Gasteiger partial charge in [-0.05, 0) is 25.3 Å². The molecule has 0 aliphatic carbocycles. The summed E-state index contributed by atoms with van der Waals surface area (Å²) < 4.78 is 4.91. The van der Waals surface area contributed by atoms with Crippen LogP contribution in [0.15, 0.2) is 30.3 Å². The van der Waals surface area contributed by atoms with Gasteiger partial charge in [0.05, 0.1) is 6.61 Å². The van der Waals surface area contributed by atoms with Gasteiger partial charge < -0.3 is 4.74 Å². The smallest absolute Gasteiger partial charge is 0.316 e. The quantitative estimate of drug-likeness (QED) is 0.550. The number of ether oxygens (including phenoxy) is 1. The highest BCUT2D eigenvalue weighted by atomic mass is 16.5. The zero-order chi connectivity index (χ0) is 13.4. The van der Waals surface area contributed by atoms with Crippen LogP contribution in [0.25, 0.3) is 0 Å². The minimum Gasteiger partial charge on any atom is -0.465 e. The van der Waals surface area contributed by atoms with Gasteiger partial charge in [-0.2, -0.15) is 0 Å². The minimum atomic E-state index is -0.603. The van der Waals surface area contributed by atoms with Crippen LogP contribution in [0.4, 0.5) is 0 Å². The molecule has 0 aliphatic heterocycles. The molecule has 1 rings (SSSR count). The van der Waals surface area contributed by atoms with Gasteiger partial charge in [-0.1, -0.05) is 37.3 Å². The first-order valence-electron chi connectivity index (χ1n) is 6.42. The van der Waals surface area contributed by atoms with Crippen LogP contribution >= 0.6 is 0 Å². The Kier molecular flexibility index (Phi) is 6.12. The molecule has 0 amide bonds. The van der Waals surface area contributed by atoms with Gasteiger partial charge in [-0.3, -0.25) is 9.59 Å². The third-order valence-corrected chi connectivity index (χ3v) is 2.87. The molecule has 0 heterocycles. The Labute approximate surface area is 108 Å². The van der Waals surface area contributed by atoms with Crippen LogP contribution in [0.2, 0.25) is 0 Å². The SMILES string of the molecule is CCOC(=O)C(CC)C(=O)CCc1ccccc1. The highest BCUT2D eigenvalue weighted by molar-refractivity contribution is 5.98. The Hall–Kier alpha value is -1.64. The van der Waals surface area contributed by atoms with E-state index in [1.807, 2.05) is 37.3 Å². The highest BCUT2D eigenvalue weighted by Crippen LogP contribution is 2.12. The topological polar surface area (TPSA) is 43.4 Å². The van der Waals surface area contributed by atoms with Gasteiger partial charge in [0.1, 0.15) is 11.7 Å². The Morgan fingerprint density at radius 1 is 1.17 bits per heavy atom. The molecule has 1 aromatic carbocycles. The first-order chi connectivity index (χ1) is 8.69. The Bertz CT molecular complexity index is 384. The van der Waals surface area contributed by atoms with Crippen molar-refractivity contribution >= 4 is 11.8 Å². The molecule has 1 unspecified atom stereocenters. The standard InChI is InChI=1S/C15H20O3/c1-3-13(15(17)18-4-2)14(16)11-10-12-8-6-5-7-9-12/h5-9,13H,3-4,10-11H2,1-2H3. The predicted octanol–water partition coefficient (Wildman–Crippen LogP) is 2.78. The fourth-order valence-corrected chi connectivity index (χ4v) is 1.86. The lowest BCUT2D eigenvalue weighted by molar-refractivity contribution is -0.151. The molecular weight excluding hydrogens is 228 g/mol. The maximum atomic E-state index is 12.0. The third-order valence-electron chi connectivity index (χ3n) is 2.87. The number of esters is 1. The number of carbonyl (C=O) groups is 2. The van der Waals surface area contributed by atoms with Crippen molar-refractivity contribution in [2.75, 3.05) is 6.61 Å². The molecule has 0 saturated heterocycles. The summed E-state index contributed by atoms with van der Waals surface area (Å²) in [5, 5.41) is 0. The number of rotatable bonds is 7. The lowest BCUT2D eigenvalue weighted by atomic mass is 9.96. The number of hydrogen-bond acceptors (Lipinski definition) is 3. The number of ketones is 1. The largest absolute Gasteiger partial charge is 0.465 e. The van der Waals surface area contributed by atoms with Gasteiger partial charge in [-0.25, -0.2) is 0 Å². The van der Waals surface area contributed by atoms with Gasteiger partial charge in [0.2, 0.25) is 0 Å². The zero-order valence-corrected chi connectivity index (χ0v) is 11.0. The van der Waals surface area contributed by atoms with E-state index >= 15 is 0 Å². The lowest BCUT2D eigenvalue weighted by Crippen LogP contribution is -2.25. The molecule has 98 valence electrons. The molecule has 0 spiro atoms. The van der Waals surface area contributed by atoms with Crippen LogP contribution in [0.3, 0.4) is 0 Å². The van der Waals surface area contributed by atoms with Crippen LogP contribution in [0, 0.1) is 5.92 Å². The molecule has 3 nitrogen and oxygen atoms in total. The first-order valence-corrected chi connectivity index (χ1v) is 6.42. The summed E-state index contributed by atoms with van der Waals surface area (Å²) >= 11 is 0. The average molecular weight is 248 g/mol. The van der Waals surface area contributed by atoms with E-state index in [0.717, 1.165) is 5.56 Å². The molecule has 18 heavy (non-hydrogen) atoms. The number of Topliss-reactive ketones (excluding diaryl/α,β-unsaturated/α-hetero) is 1. The normalized spacial score (nSPS) is 11.9. The lowest BCUT2D eigenvalue weighted by Gasteiger charge is -2.12. The number of carbonyl (C=O) groups excluding carboxylic acids is 2. The molecule has 0 aliphatic rings. The third kappa shape index (κ3) is 4.32. The van der Waals surface area contributed by atoms with Crippen LogP contribution in [-0.4, -0.2) is 18.4 Å². The van der Waals surface area contributed by atoms with Crippen molar-refractivity contribution < 1.29 is 14.3 Å².